The molecule has 10 heavy (non-hydrogen) atoms. The molecule has 3 heteroatoms. The van der Waals surface area contributed by atoms with Gasteiger partial charge in [-0.2, -0.15) is 0 Å². The van der Waals surface area contributed by atoms with Crippen LogP contribution in [0.3, 0.4) is 0 Å². The van der Waals surface area contributed by atoms with Crippen LogP contribution in [-0.2, 0) is 0 Å². The lowest BCUT2D eigenvalue weighted by molar-refractivity contribution is -0.168. The van der Waals surface area contributed by atoms with Gasteiger partial charge in [0, 0.05) is 18.9 Å². The molecule has 0 aromatic rings. The smallest absolute Gasteiger partial charge is 0.162 e. The van der Waals surface area contributed by atoms with Crippen LogP contribution in [0.2, 0.25) is 0 Å². The molecule has 0 aromatic carbocycles. The Labute approximate surface area is 60.9 Å². The lowest BCUT2D eigenvalue weighted by atomic mass is 10.1. The van der Waals surface area contributed by atoms with Crippen molar-refractivity contribution in [2.75, 3.05) is 0 Å². The molecule has 3 nitrogen and oxygen atoms in total. The summed E-state index contributed by atoms with van der Waals surface area (Å²) in [5.74, 6) is -1.44. The van der Waals surface area contributed by atoms with Gasteiger partial charge in [-0.3, -0.25) is 0 Å². The topological polar surface area (TPSA) is 66.5 Å². The van der Waals surface area contributed by atoms with Crippen LogP contribution < -0.4 is 5.73 Å². The molecule has 0 amide bonds. The molecule has 0 bridgehead atoms. The second-order valence-electron chi connectivity index (χ2n) is 3.17. The molecular formula is C7H15NO2. The minimum atomic E-state index is -1.44. The average molecular weight is 145 g/mol. The quantitative estimate of drug-likeness (QED) is 0.331. The molecule has 0 heterocycles. The SMILES string of the molecule is NC1CCCC(O)(O)CC1. The largest absolute Gasteiger partial charge is 0.366 e. The lowest BCUT2D eigenvalue weighted by Crippen LogP contribution is -2.27. The van der Waals surface area contributed by atoms with Crippen molar-refractivity contribution in [2.24, 2.45) is 5.73 Å². The van der Waals surface area contributed by atoms with Gasteiger partial charge in [-0.1, -0.05) is 0 Å². The minimum Gasteiger partial charge on any atom is -0.366 e. The lowest BCUT2D eigenvalue weighted by Gasteiger charge is -2.18. The second-order valence-corrected chi connectivity index (χ2v) is 3.17. The van der Waals surface area contributed by atoms with Gasteiger partial charge in [0.15, 0.2) is 5.79 Å². The van der Waals surface area contributed by atoms with Gasteiger partial charge >= 0.3 is 0 Å². The fourth-order valence-corrected chi connectivity index (χ4v) is 1.33. The summed E-state index contributed by atoms with van der Waals surface area (Å²) in [4.78, 5) is 0. The van der Waals surface area contributed by atoms with Crippen molar-refractivity contribution in [2.45, 2.75) is 43.9 Å². The zero-order chi connectivity index (χ0) is 7.61. The van der Waals surface area contributed by atoms with E-state index in [0.717, 1.165) is 19.3 Å². The molecule has 1 aliphatic rings. The number of hydrogen-bond donors (Lipinski definition) is 3. The van der Waals surface area contributed by atoms with Crippen LogP contribution in [0.5, 0.6) is 0 Å². The Morgan fingerprint density at radius 1 is 1.20 bits per heavy atom. The summed E-state index contributed by atoms with van der Waals surface area (Å²) in [6.45, 7) is 0. The van der Waals surface area contributed by atoms with Crippen LogP contribution in [-0.4, -0.2) is 22.0 Å². The van der Waals surface area contributed by atoms with Crippen LogP contribution in [0.1, 0.15) is 32.1 Å². The summed E-state index contributed by atoms with van der Waals surface area (Å²) in [7, 11) is 0. The Bertz CT molecular complexity index is 114. The molecule has 0 spiro atoms. The fraction of sp³-hybridized carbons (Fsp3) is 1.00. The molecule has 1 aliphatic carbocycles. The summed E-state index contributed by atoms with van der Waals surface area (Å²) in [5, 5.41) is 18.3. The van der Waals surface area contributed by atoms with E-state index >= 15 is 0 Å². The number of aliphatic hydroxyl groups is 2. The van der Waals surface area contributed by atoms with Crippen molar-refractivity contribution in [3.05, 3.63) is 0 Å². The van der Waals surface area contributed by atoms with Crippen LogP contribution in [0.15, 0.2) is 0 Å². The molecule has 1 unspecified atom stereocenters. The predicted octanol–water partition coefficient (Wildman–Crippen LogP) is -0.0413. The van der Waals surface area contributed by atoms with Crippen molar-refractivity contribution in [1.29, 1.82) is 0 Å². The maximum atomic E-state index is 9.17. The first-order valence-electron chi connectivity index (χ1n) is 3.80. The van der Waals surface area contributed by atoms with E-state index in [-0.39, 0.29) is 6.04 Å². The van der Waals surface area contributed by atoms with Gasteiger partial charge in [0.1, 0.15) is 0 Å². The zero-order valence-corrected chi connectivity index (χ0v) is 6.08. The highest BCUT2D eigenvalue weighted by molar-refractivity contribution is 4.75. The third-order valence-electron chi connectivity index (χ3n) is 2.07. The molecular weight excluding hydrogens is 130 g/mol. The number of nitrogens with two attached hydrogens (primary N) is 1. The van der Waals surface area contributed by atoms with Gasteiger partial charge in [0.2, 0.25) is 0 Å². The van der Waals surface area contributed by atoms with Gasteiger partial charge < -0.3 is 15.9 Å². The average Bonchev–Trinajstić information content (AvgIpc) is 1.94. The second kappa shape index (κ2) is 2.86. The van der Waals surface area contributed by atoms with Crippen LogP contribution in [0.25, 0.3) is 0 Å². The summed E-state index contributed by atoms with van der Waals surface area (Å²) in [6.07, 6.45) is 3.37. The first kappa shape index (κ1) is 7.98. The normalized spacial score (nSPS) is 33.3. The van der Waals surface area contributed by atoms with Crippen LogP contribution in [0, 0.1) is 0 Å². The maximum absolute atomic E-state index is 9.17. The predicted molar refractivity (Wildman–Crippen MR) is 38.2 cm³/mol. The Balaban J connectivity index is 2.41. The third kappa shape index (κ3) is 2.25. The highest BCUT2D eigenvalue weighted by atomic mass is 16.5. The molecule has 1 fully saturated rings. The summed E-state index contributed by atoms with van der Waals surface area (Å²) in [5.41, 5.74) is 5.63. The van der Waals surface area contributed by atoms with E-state index in [4.69, 9.17) is 5.73 Å². The highest BCUT2D eigenvalue weighted by Crippen LogP contribution is 2.23. The van der Waals surface area contributed by atoms with Gasteiger partial charge in [0.05, 0.1) is 0 Å². The Kier molecular flexibility index (Phi) is 2.28. The zero-order valence-electron chi connectivity index (χ0n) is 6.08. The Hall–Kier alpha value is -0.120. The van der Waals surface area contributed by atoms with Crippen molar-refractivity contribution < 1.29 is 10.2 Å². The van der Waals surface area contributed by atoms with Gasteiger partial charge in [-0.05, 0) is 19.3 Å². The van der Waals surface area contributed by atoms with Gasteiger partial charge in [-0.25, -0.2) is 0 Å². The van der Waals surface area contributed by atoms with Crippen molar-refractivity contribution in [3.63, 3.8) is 0 Å². The third-order valence-corrected chi connectivity index (χ3v) is 2.07. The monoisotopic (exact) mass is 145 g/mol. The first-order chi connectivity index (χ1) is 4.60. The van der Waals surface area contributed by atoms with E-state index in [1.165, 1.54) is 0 Å². The fourth-order valence-electron chi connectivity index (χ4n) is 1.33. The summed E-state index contributed by atoms with van der Waals surface area (Å²) >= 11 is 0. The minimum absolute atomic E-state index is 0.168. The van der Waals surface area contributed by atoms with Crippen LogP contribution in [0.4, 0.5) is 0 Å². The van der Waals surface area contributed by atoms with Crippen molar-refractivity contribution >= 4 is 0 Å². The maximum Gasteiger partial charge on any atom is 0.162 e. The first-order valence-corrected chi connectivity index (χ1v) is 3.80. The van der Waals surface area contributed by atoms with E-state index in [1.54, 1.807) is 0 Å². The Morgan fingerprint density at radius 2 is 1.90 bits per heavy atom. The van der Waals surface area contributed by atoms with E-state index in [9.17, 15) is 10.2 Å². The molecule has 1 rings (SSSR count). The van der Waals surface area contributed by atoms with E-state index < -0.39 is 5.79 Å². The van der Waals surface area contributed by atoms with Gasteiger partial charge in [-0.15, -0.1) is 0 Å². The van der Waals surface area contributed by atoms with Crippen molar-refractivity contribution in [1.82, 2.24) is 0 Å². The highest BCUT2D eigenvalue weighted by Gasteiger charge is 2.26. The molecule has 0 aromatic heterocycles. The van der Waals surface area contributed by atoms with Crippen LogP contribution >= 0.6 is 0 Å². The summed E-state index contributed by atoms with van der Waals surface area (Å²) in [6, 6.07) is 0.168. The summed E-state index contributed by atoms with van der Waals surface area (Å²) < 4.78 is 0. The van der Waals surface area contributed by atoms with E-state index in [2.05, 4.69) is 0 Å². The molecule has 0 aliphatic heterocycles. The number of hydrogen-bond acceptors (Lipinski definition) is 3. The standard InChI is InChI=1S/C7H15NO2/c8-6-2-1-4-7(9,10)5-3-6/h6,9-10H,1-5,8H2. The molecule has 1 saturated carbocycles. The molecule has 1 atom stereocenters. The molecule has 60 valence electrons. The molecule has 0 saturated heterocycles. The van der Waals surface area contributed by atoms with E-state index in [1.807, 2.05) is 0 Å². The molecule has 0 radical (unpaired) electrons. The van der Waals surface area contributed by atoms with Gasteiger partial charge in [0.25, 0.3) is 0 Å². The van der Waals surface area contributed by atoms with Crippen molar-refractivity contribution in [3.8, 4) is 0 Å². The molecule has 4 N–H and O–H groups in total. The van der Waals surface area contributed by atoms with E-state index in [0.29, 0.717) is 12.8 Å². The Morgan fingerprint density at radius 3 is 2.60 bits per heavy atom. The number of rotatable bonds is 0.